The summed E-state index contributed by atoms with van der Waals surface area (Å²) in [5, 5.41) is 2.41. The number of amides is 1. The summed E-state index contributed by atoms with van der Waals surface area (Å²) < 4.78 is 42.3. The first-order valence-electron chi connectivity index (χ1n) is 8.80. The van der Waals surface area contributed by atoms with E-state index < -0.39 is 23.7 Å². The molecule has 2 aromatic carbocycles. The minimum atomic E-state index is -4.52. The molecule has 26 heavy (non-hydrogen) atoms. The quantitative estimate of drug-likeness (QED) is 0.836. The van der Waals surface area contributed by atoms with Gasteiger partial charge in [0.15, 0.2) is 6.04 Å². The van der Waals surface area contributed by atoms with Gasteiger partial charge in [-0.25, -0.2) is 0 Å². The van der Waals surface area contributed by atoms with Gasteiger partial charge in [-0.2, -0.15) is 18.2 Å². The average molecular weight is 364 g/mol. The molecule has 0 saturated carbocycles. The first-order valence-corrected chi connectivity index (χ1v) is 8.80. The normalized spacial score (nSPS) is 18.9. The number of hydrazine groups is 1. The summed E-state index contributed by atoms with van der Waals surface area (Å²) in [7, 11) is 0. The number of aryl methyl sites for hydroxylation is 1. The van der Waals surface area contributed by atoms with Crippen LogP contribution in [0.25, 0.3) is 10.8 Å². The molecule has 6 heteroatoms. The lowest BCUT2D eigenvalue weighted by Gasteiger charge is -2.38. The van der Waals surface area contributed by atoms with Crippen LogP contribution in [-0.2, 0) is 11.2 Å². The molecule has 0 radical (unpaired) electrons. The van der Waals surface area contributed by atoms with Crippen LogP contribution in [0.3, 0.4) is 0 Å². The Morgan fingerprint density at radius 1 is 1.23 bits per heavy atom. The third-order valence-electron chi connectivity index (χ3n) is 4.87. The Bertz CT molecular complexity index is 829. The van der Waals surface area contributed by atoms with Crippen LogP contribution >= 0.6 is 0 Å². The maximum Gasteiger partial charge on any atom is 0.409 e. The summed E-state index contributed by atoms with van der Waals surface area (Å²) in [5.74, 6) is -0.392. The van der Waals surface area contributed by atoms with Crippen molar-refractivity contribution in [1.29, 1.82) is 0 Å². The molecule has 1 aliphatic heterocycles. The van der Waals surface area contributed by atoms with Crippen molar-refractivity contribution in [3.05, 3.63) is 47.5 Å². The summed E-state index contributed by atoms with van der Waals surface area (Å²) >= 11 is 0. The molecule has 1 amide bonds. The fourth-order valence-corrected chi connectivity index (χ4v) is 3.71. The van der Waals surface area contributed by atoms with Crippen molar-refractivity contribution in [3.63, 3.8) is 0 Å². The summed E-state index contributed by atoms with van der Waals surface area (Å²) in [6.45, 7) is 5.34. The largest absolute Gasteiger partial charge is 0.409 e. The van der Waals surface area contributed by atoms with Crippen molar-refractivity contribution in [1.82, 2.24) is 10.4 Å². The Labute approximate surface area is 151 Å². The molecule has 0 aliphatic carbocycles. The molecule has 0 bridgehead atoms. The fraction of sp³-hybridized carbons (Fsp3) is 0.450. The van der Waals surface area contributed by atoms with E-state index in [2.05, 4.69) is 5.43 Å². The van der Waals surface area contributed by atoms with Gasteiger partial charge in [0.2, 0.25) is 5.91 Å². The number of rotatable bonds is 4. The maximum absolute atomic E-state index is 14.1. The molecule has 3 nitrogen and oxygen atoms in total. The number of carbonyl (C=O) groups is 1. The van der Waals surface area contributed by atoms with Crippen LogP contribution < -0.4 is 5.43 Å². The smallest absolute Gasteiger partial charge is 0.287 e. The zero-order valence-electron chi connectivity index (χ0n) is 15.2. The standard InChI is InChI=1S/C20H23F3N2O/c1-4-6-13-9-10-14-7-5-8-15(16(14)11-13)18(20(21,22)23)25-19(2,3)12-17(26)24-25/h5,7-11,18H,4,6,12H2,1-3H3,(H,24,26)/t18-/m0/s1. The molecule has 140 valence electrons. The number of carbonyl (C=O) groups excluding carboxylic acids is 1. The molecule has 1 aliphatic rings. The second kappa shape index (κ2) is 6.58. The number of nitrogens with zero attached hydrogens (tertiary/aromatic N) is 1. The Morgan fingerprint density at radius 2 is 1.96 bits per heavy atom. The first kappa shape index (κ1) is 18.7. The Balaban J connectivity index is 2.19. The van der Waals surface area contributed by atoms with Crippen molar-refractivity contribution in [2.75, 3.05) is 0 Å². The highest BCUT2D eigenvalue weighted by molar-refractivity contribution is 5.87. The highest BCUT2D eigenvalue weighted by atomic mass is 19.4. The van der Waals surface area contributed by atoms with E-state index in [1.54, 1.807) is 19.9 Å². The predicted octanol–water partition coefficient (Wildman–Crippen LogP) is 4.91. The SMILES string of the molecule is CCCc1ccc2cccc([C@H](N3NC(=O)CC3(C)C)C(F)(F)F)c2c1. The van der Waals surface area contributed by atoms with Gasteiger partial charge in [-0.05, 0) is 42.2 Å². The molecule has 0 spiro atoms. The van der Waals surface area contributed by atoms with E-state index in [1.165, 1.54) is 6.07 Å². The molecule has 1 heterocycles. The number of benzene rings is 2. The maximum atomic E-state index is 14.1. The van der Waals surface area contributed by atoms with E-state index in [4.69, 9.17) is 0 Å². The van der Waals surface area contributed by atoms with E-state index >= 15 is 0 Å². The van der Waals surface area contributed by atoms with E-state index in [0.29, 0.717) is 5.39 Å². The second-order valence-corrected chi connectivity index (χ2v) is 7.49. The molecule has 1 N–H and O–H groups in total. The molecule has 0 unspecified atom stereocenters. The van der Waals surface area contributed by atoms with Gasteiger partial charge in [-0.1, -0.05) is 49.7 Å². The Hall–Kier alpha value is -2.08. The summed E-state index contributed by atoms with van der Waals surface area (Å²) in [6.07, 6.45) is -2.76. The zero-order chi connectivity index (χ0) is 19.1. The van der Waals surface area contributed by atoms with Crippen LogP contribution in [0.2, 0.25) is 0 Å². The third kappa shape index (κ3) is 3.43. The molecule has 2 aromatic rings. The highest BCUT2D eigenvalue weighted by Gasteiger charge is 2.53. The van der Waals surface area contributed by atoms with Crippen molar-refractivity contribution in [3.8, 4) is 0 Å². The summed E-state index contributed by atoms with van der Waals surface area (Å²) in [6, 6.07) is 8.74. The first-order chi connectivity index (χ1) is 12.1. The van der Waals surface area contributed by atoms with Crippen LogP contribution in [0.1, 0.15) is 50.8 Å². The van der Waals surface area contributed by atoms with Gasteiger partial charge in [-0.15, -0.1) is 0 Å². The number of alkyl halides is 3. The molecular weight excluding hydrogens is 341 g/mol. The molecule has 1 fully saturated rings. The van der Waals surface area contributed by atoms with Crippen LogP contribution in [0, 0.1) is 0 Å². The highest BCUT2D eigenvalue weighted by Crippen LogP contribution is 2.44. The number of hydrogen-bond acceptors (Lipinski definition) is 2. The monoisotopic (exact) mass is 364 g/mol. The van der Waals surface area contributed by atoms with E-state index in [-0.39, 0.29) is 12.0 Å². The van der Waals surface area contributed by atoms with Gasteiger partial charge in [-0.3, -0.25) is 10.2 Å². The molecule has 1 saturated heterocycles. The Kier molecular flexibility index (Phi) is 4.73. The van der Waals surface area contributed by atoms with E-state index in [9.17, 15) is 18.0 Å². The van der Waals surface area contributed by atoms with Gasteiger partial charge in [0.25, 0.3) is 0 Å². The molecule has 0 aromatic heterocycles. The van der Waals surface area contributed by atoms with Gasteiger partial charge in [0.1, 0.15) is 0 Å². The van der Waals surface area contributed by atoms with Crippen LogP contribution in [0.15, 0.2) is 36.4 Å². The van der Waals surface area contributed by atoms with Crippen molar-refractivity contribution in [2.45, 2.75) is 57.8 Å². The van der Waals surface area contributed by atoms with Gasteiger partial charge < -0.3 is 0 Å². The van der Waals surface area contributed by atoms with Crippen molar-refractivity contribution in [2.24, 2.45) is 0 Å². The van der Waals surface area contributed by atoms with Gasteiger partial charge >= 0.3 is 6.18 Å². The molecule has 3 rings (SSSR count). The Morgan fingerprint density at radius 3 is 2.54 bits per heavy atom. The lowest BCUT2D eigenvalue weighted by atomic mass is 9.92. The minimum Gasteiger partial charge on any atom is -0.287 e. The van der Waals surface area contributed by atoms with E-state index in [1.807, 2.05) is 31.2 Å². The average Bonchev–Trinajstić information content (AvgIpc) is 2.79. The summed E-state index contributed by atoms with van der Waals surface area (Å²) in [4.78, 5) is 11.8. The number of halogens is 3. The van der Waals surface area contributed by atoms with Gasteiger partial charge in [0, 0.05) is 12.0 Å². The lowest BCUT2D eigenvalue weighted by molar-refractivity contribution is -0.203. The second-order valence-electron chi connectivity index (χ2n) is 7.49. The predicted molar refractivity (Wildman–Crippen MR) is 95.4 cm³/mol. The molecule has 1 atom stereocenters. The fourth-order valence-electron chi connectivity index (χ4n) is 3.71. The number of fused-ring (bicyclic) bond motifs is 1. The molecular formula is C20H23F3N2O. The van der Waals surface area contributed by atoms with Crippen LogP contribution in [0.4, 0.5) is 13.2 Å². The zero-order valence-corrected chi connectivity index (χ0v) is 15.2. The van der Waals surface area contributed by atoms with Crippen LogP contribution in [0.5, 0.6) is 0 Å². The number of nitrogens with one attached hydrogen (secondary N) is 1. The van der Waals surface area contributed by atoms with Gasteiger partial charge in [0.05, 0.1) is 0 Å². The minimum absolute atomic E-state index is 0.0332. The topological polar surface area (TPSA) is 32.3 Å². The summed E-state index contributed by atoms with van der Waals surface area (Å²) in [5.41, 5.74) is 2.68. The van der Waals surface area contributed by atoms with Crippen molar-refractivity contribution >= 4 is 16.7 Å². The lowest BCUT2D eigenvalue weighted by Crippen LogP contribution is -2.51. The van der Waals surface area contributed by atoms with Crippen LogP contribution in [-0.4, -0.2) is 22.6 Å². The van der Waals surface area contributed by atoms with E-state index in [0.717, 1.165) is 28.8 Å². The number of hydrogen-bond donors (Lipinski definition) is 1. The third-order valence-corrected chi connectivity index (χ3v) is 4.87. The van der Waals surface area contributed by atoms with Crippen molar-refractivity contribution < 1.29 is 18.0 Å².